The van der Waals surface area contributed by atoms with Gasteiger partial charge < -0.3 is 15.0 Å². The highest BCUT2D eigenvalue weighted by molar-refractivity contribution is 14.0. The van der Waals surface area contributed by atoms with Crippen molar-refractivity contribution in [1.82, 2.24) is 15.1 Å². The number of nitrogens with zero attached hydrogens (tertiary/aromatic N) is 3. The average Bonchev–Trinajstić information content (AvgIpc) is 3.44. The summed E-state index contributed by atoms with van der Waals surface area (Å²) in [7, 11) is 1.82. The van der Waals surface area contributed by atoms with Crippen LogP contribution in [0, 0.1) is 11.2 Å². The Kier molecular flexibility index (Phi) is 8.03. The van der Waals surface area contributed by atoms with E-state index in [1.54, 1.807) is 12.1 Å². The zero-order valence-electron chi connectivity index (χ0n) is 17.0. The fourth-order valence-electron chi connectivity index (χ4n) is 4.90. The predicted octanol–water partition coefficient (Wildman–Crippen LogP) is 3.92. The van der Waals surface area contributed by atoms with Crippen LogP contribution in [0.1, 0.15) is 37.3 Å². The Morgan fingerprint density at radius 3 is 2.76 bits per heavy atom. The summed E-state index contributed by atoms with van der Waals surface area (Å²) in [4.78, 5) is 9.16. The Balaban J connectivity index is 0.00000240. The van der Waals surface area contributed by atoms with Crippen LogP contribution in [-0.2, 0) is 4.74 Å². The molecule has 1 N–H and O–H groups in total. The third-order valence-electron chi connectivity index (χ3n) is 6.50. The summed E-state index contributed by atoms with van der Waals surface area (Å²) in [6, 6.07) is 4.85. The smallest absolute Gasteiger partial charge is 0.193 e. The summed E-state index contributed by atoms with van der Waals surface area (Å²) in [5.74, 6) is 0.657. The lowest BCUT2D eigenvalue weighted by Crippen LogP contribution is -2.45. The molecule has 3 heterocycles. The molecule has 3 saturated heterocycles. The van der Waals surface area contributed by atoms with E-state index in [-0.39, 0.29) is 41.3 Å². The van der Waals surface area contributed by atoms with Crippen molar-refractivity contribution in [2.75, 3.05) is 53.0 Å². The molecule has 162 valence electrons. The number of aliphatic imine (C=N–C) groups is 1. The van der Waals surface area contributed by atoms with Crippen LogP contribution < -0.4 is 5.32 Å². The van der Waals surface area contributed by atoms with Crippen molar-refractivity contribution in [3.8, 4) is 0 Å². The van der Waals surface area contributed by atoms with Gasteiger partial charge >= 0.3 is 0 Å². The molecule has 0 saturated carbocycles. The Labute approximate surface area is 195 Å². The van der Waals surface area contributed by atoms with Crippen LogP contribution in [0.2, 0.25) is 5.02 Å². The third-order valence-corrected chi connectivity index (χ3v) is 6.83. The van der Waals surface area contributed by atoms with Crippen LogP contribution in [-0.4, -0.2) is 68.7 Å². The monoisotopic (exact) mass is 536 g/mol. The van der Waals surface area contributed by atoms with Crippen molar-refractivity contribution in [2.45, 2.75) is 31.7 Å². The lowest BCUT2D eigenvalue weighted by Gasteiger charge is -2.31. The van der Waals surface area contributed by atoms with Crippen molar-refractivity contribution in [1.29, 1.82) is 0 Å². The molecule has 1 aromatic rings. The zero-order chi connectivity index (χ0) is 19.6. The minimum atomic E-state index is -0.232. The molecular formula is C21H31ClFIN4O. The van der Waals surface area contributed by atoms with E-state index >= 15 is 0 Å². The van der Waals surface area contributed by atoms with Crippen LogP contribution in [0.5, 0.6) is 0 Å². The van der Waals surface area contributed by atoms with Gasteiger partial charge in [0.05, 0.1) is 12.6 Å². The van der Waals surface area contributed by atoms with Gasteiger partial charge in [0.2, 0.25) is 0 Å². The predicted molar refractivity (Wildman–Crippen MR) is 126 cm³/mol. The van der Waals surface area contributed by atoms with E-state index in [2.05, 4.69) is 20.1 Å². The number of rotatable bonds is 4. The molecule has 0 aliphatic carbocycles. The fraction of sp³-hybridized carbons (Fsp3) is 0.667. The van der Waals surface area contributed by atoms with Gasteiger partial charge in [0.1, 0.15) is 5.82 Å². The van der Waals surface area contributed by atoms with Crippen LogP contribution in [0.3, 0.4) is 0 Å². The van der Waals surface area contributed by atoms with Gasteiger partial charge in [-0.1, -0.05) is 17.7 Å². The second-order valence-corrected chi connectivity index (χ2v) is 8.70. The van der Waals surface area contributed by atoms with E-state index in [1.165, 1.54) is 6.07 Å². The highest BCUT2D eigenvalue weighted by Gasteiger charge is 2.42. The normalized spacial score (nSPS) is 26.2. The van der Waals surface area contributed by atoms with Crippen molar-refractivity contribution in [3.05, 3.63) is 34.6 Å². The zero-order valence-corrected chi connectivity index (χ0v) is 20.1. The van der Waals surface area contributed by atoms with Crippen LogP contribution in [0.25, 0.3) is 0 Å². The van der Waals surface area contributed by atoms with E-state index in [4.69, 9.17) is 16.3 Å². The average molecular weight is 537 g/mol. The van der Waals surface area contributed by atoms with Crippen molar-refractivity contribution < 1.29 is 9.13 Å². The third kappa shape index (κ3) is 4.99. The van der Waals surface area contributed by atoms with Crippen LogP contribution in [0.4, 0.5) is 4.39 Å². The van der Waals surface area contributed by atoms with Gasteiger partial charge in [-0.2, -0.15) is 0 Å². The number of ether oxygens (including phenoxy) is 1. The van der Waals surface area contributed by atoms with E-state index in [9.17, 15) is 4.39 Å². The first-order valence-corrected chi connectivity index (χ1v) is 10.7. The van der Waals surface area contributed by atoms with Crippen molar-refractivity contribution in [3.63, 3.8) is 0 Å². The molecule has 5 nitrogen and oxygen atoms in total. The molecule has 0 radical (unpaired) electrons. The molecule has 0 amide bonds. The molecule has 8 heteroatoms. The Bertz CT molecular complexity index is 702. The molecule has 3 aliphatic rings. The second-order valence-electron chi connectivity index (χ2n) is 8.30. The SMILES string of the molecule is CN=C(NCC(c1c(F)cccc1Cl)N1CCCC1)N1CCC2(CCOC2)C1.I. The molecule has 0 bridgehead atoms. The summed E-state index contributed by atoms with van der Waals surface area (Å²) in [6.45, 7) is 6.21. The minimum absolute atomic E-state index is 0. The van der Waals surface area contributed by atoms with Crippen LogP contribution >= 0.6 is 35.6 Å². The quantitative estimate of drug-likeness (QED) is 0.360. The van der Waals surface area contributed by atoms with E-state index in [0.29, 0.717) is 17.1 Å². The standard InChI is InChI=1S/C21H30ClFN4O.HI/c1-24-20(27-11-7-21(14-27)8-12-28-15-21)25-13-18(26-9-2-3-10-26)19-16(22)5-4-6-17(19)23;/h4-6,18H,2-3,7-15H2,1H3,(H,24,25);1H. The number of guanidine groups is 1. The molecule has 3 fully saturated rings. The lowest BCUT2D eigenvalue weighted by molar-refractivity contribution is 0.156. The van der Waals surface area contributed by atoms with Gasteiger partial charge in [-0.15, -0.1) is 24.0 Å². The molecule has 1 spiro atoms. The largest absolute Gasteiger partial charge is 0.381 e. The molecular weight excluding hydrogens is 506 g/mol. The highest BCUT2D eigenvalue weighted by Crippen LogP contribution is 2.38. The van der Waals surface area contributed by atoms with Gasteiger partial charge in [-0.3, -0.25) is 9.89 Å². The molecule has 2 atom stereocenters. The van der Waals surface area contributed by atoms with Gasteiger partial charge in [0.15, 0.2) is 5.96 Å². The van der Waals surface area contributed by atoms with Crippen LogP contribution in [0.15, 0.2) is 23.2 Å². The Morgan fingerprint density at radius 1 is 1.31 bits per heavy atom. The fourth-order valence-corrected chi connectivity index (χ4v) is 5.19. The summed E-state index contributed by atoms with van der Waals surface area (Å²) < 4.78 is 20.3. The van der Waals surface area contributed by atoms with Crippen molar-refractivity contribution in [2.24, 2.45) is 10.4 Å². The molecule has 1 aromatic carbocycles. The number of hydrogen-bond acceptors (Lipinski definition) is 3. The molecule has 2 unspecified atom stereocenters. The lowest BCUT2D eigenvalue weighted by atomic mass is 9.87. The first-order chi connectivity index (χ1) is 13.6. The molecule has 29 heavy (non-hydrogen) atoms. The maximum Gasteiger partial charge on any atom is 0.193 e. The number of hydrogen-bond donors (Lipinski definition) is 1. The number of halogens is 3. The summed E-state index contributed by atoms with van der Waals surface area (Å²) in [5.41, 5.74) is 0.872. The topological polar surface area (TPSA) is 40.1 Å². The number of likely N-dealkylation sites (tertiary alicyclic amines) is 2. The Morgan fingerprint density at radius 2 is 2.10 bits per heavy atom. The van der Waals surface area contributed by atoms with Gasteiger partial charge in [0.25, 0.3) is 0 Å². The van der Waals surface area contributed by atoms with Gasteiger partial charge in [-0.05, 0) is 50.9 Å². The van der Waals surface area contributed by atoms with Crippen molar-refractivity contribution >= 4 is 41.5 Å². The molecule has 3 aliphatic heterocycles. The van der Waals surface area contributed by atoms with E-state index in [1.807, 2.05) is 7.05 Å². The Hall–Kier alpha value is -0.640. The maximum atomic E-state index is 14.7. The van der Waals surface area contributed by atoms with E-state index < -0.39 is 0 Å². The first kappa shape index (κ1) is 23.0. The first-order valence-electron chi connectivity index (χ1n) is 10.3. The highest BCUT2D eigenvalue weighted by atomic mass is 127. The van der Waals surface area contributed by atoms with Gasteiger partial charge in [-0.25, -0.2) is 4.39 Å². The number of nitrogens with one attached hydrogen (secondary N) is 1. The number of benzene rings is 1. The maximum absolute atomic E-state index is 14.7. The summed E-state index contributed by atoms with van der Waals surface area (Å²) in [5, 5.41) is 4.01. The summed E-state index contributed by atoms with van der Waals surface area (Å²) >= 11 is 6.41. The molecule has 0 aromatic heterocycles. The second kappa shape index (κ2) is 10.1. The summed E-state index contributed by atoms with van der Waals surface area (Å²) in [6.07, 6.45) is 4.56. The molecule has 4 rings (SSSR count). The minimum Gasteiger partial charge on any atom is -0.381 e. The van der Waals surface area contributed by atoms with Gasteiger partial charge in [0, 0.05) is 49.3 Å². The van der Waals surface area contributed by atoms with E-state index in [0.717, 1.165) is 71.0 Å².